The van der Waals surface area contributed by atoms with Gasteiger partial charge in [-0.15, -0.1) is 0 Å². The molecule has 6 heteroatoms. The van der Waals surface area contributed by atoms with Crippen molar-refractivity contribution in [1.82, 2.24) is 3.97 Å². The molecule has 0 bridgehead atoms. The molecular weight excluding hydrogens is 374 g/mol. The first-order valence-corrected chi connectivity index (χ1v) is 12.8. The summed E-state index contributed by atoms with van der Waals surface area (Å²) in [6.45, 7) is 10.8. The van der Waals surface area contributed by atoms with E-state index < -0.39 is 19.1 Å². The molecule has 143 valence electrons. The standard InChI is InChI=1S/C21H26NO3SSi/c1-21(2,3)17-11-12-20-16(13-17)14-18(15-25-27(4)5)22(20)26(23,24)19-9-7-6-8-10-19/h6-14H,15H2,1-5H3. The fourth-order valence-electron chi connectivity index (χ4n) is 3.01. The predicted molar refractivity (Wildman–Crippen MR) is 112 cm³/mol. The zero-order chi connectivity index (χ0) is 19.8. The van der Waals surface area contributed by atoms with Crippen molar-refractivity contribution >= 4 is 30.0 Å². The van der Waals surface area contributed by atoms with E-state index in [1.165, 1.54) is 9.54 Å². The van der Waals surface area contributed by atoms with Crippen molar-refractivity contribution in [3.8, 4) is 0 Å². The molecule has 0 aliphatic heterocycles. The molecule has 0 unspecified atom stereocenters. The van der Waals surface area contributed by atoms with Gasteiger partial charge in [0.15, 0.2) is 0 Å². The summed E-state index contributed by atoms with van der Waals surface area (Å²) in [5.74, 6) is 0. The highest BCUT2D eigenvalue weighted by molar-refractivity contribution is 7.90. The summed E-state index contributed by atoms with van der Waals surface area (Å²) in [6.07, 6.45) is 0. The molecule has 1 radical (unpaired) electrons. The fourth-order valence-corrected chi connectivity index (χ4v) is 5.00. The molecular formula is C21H26NO3SSi. The van der Waals surface area contributed by atoms with Crippen molar-refractivity contribution < 1.29 is 12.8 Å². The summed E-state index contributed by atoms with van der Waals surface area (Å²) < 4.78 is 34.0. The molecule has 1 heterocycles. The Morgan fingerprint density at radius 3 is 2.26 bits per heavy atom. The summed E-state index contributed by atoms with van der Waals surface area (Å²) in [5, 5.41) is 0.918. The Hall–Kier alpha value is -1.89. The van der Waals surface area contributed by atoms with Crippen LogP contribution in [0, 0.1) is 0 Å². The second kappa shape index (κ2) is 7.26. The van der Waals surface area contributed by atoms with Gasteiger partial charge < -0.3 is 4.43 Å². The maximum atomic E-state index is 13.4. The van der Waals surface area contributed by atoms with Crippen LogP contribution in [-0.2, 0) is 26.5 Å². The lowest BCUT2D eigenvalue weighted by Crippen LogP contribution is -2.18. The van der Waals surface area contributed by atoms with Crippen LogP contribution in [0.2, 0.25) is 13.1 Å². The number of rotatable bonds is 5. The molecule has 0 aliphatic rings. The van der Waals surface area contributed by atoms with E-state index in [1.54, 1.807) is 24.3 Å². The largest absolute Gasteiger partial charge is 0.411 e. The number of fused-ring (bicyclic) bond motifs is 1. The normalized spacial score (nSPS) is 12.8. The molecule has 0 fully saturated rings. The fraction of sp³-hybridized carbons (Fsp3) is 0.333. The maximum absolute atomic E-state index is 13.4. The smallest absolute Gasteiger partial charge is 0.268 e. The van der Waals surface area contributed by atoms with Gasteiger partial charge in [-0.25, -0.2) is 12.4 Å². The molecule has 27 heavy (non-hydrogen) atoms. The quantitative estimate of drug-likeness (QED) is 0.570. The highest BCUT2D eigenvalue weighted by Crippen LogP contribution is 2.31. The van der Waals surface area contributed by atoms with Crippen LogP contribution < -0.4 is 0 Å². The van der Waals surface area contributed by atoms with Crippen molar-refractivity contribution in [3.63, 3.8) is 0 Å². The first kappa shape index (κ1) is 19.9. The van der Waals surface area contributed by atoms with Gasteiger partial charge in [-0.1, -0.05) is 45.0 Å². The van der Waals surface area contributed by atoms with E-state index in [2.05, 4.69) is 26.8 Å². The molecule has 0 saturated carbocycles. The summed E-state index contributed by atoms with van der Waals surface area (Å²) in [5.41, 5.74) is 2.51. The average Bonchev–Trinajstić information content (AvgIpc) is 2.98. The molecule has 4 nitrogen and oxygen atoms in total. The molecule has 0 saturated heterocycles. The van der Waals surface area contributed by atoms with E-state index >= 15 is 0 Å². The molecule has 0 N–H and O–H groups in total. The van der Waals surface area contributed by atoms with Gasteiger partial charge in [-0.05, 0) is 54.4 Å². The minimum atomic E-state index is -3.70. The van der Waals surface area contributed by atoms with Crippen LogP contribution in [0.25, 0.3) is 10.9 Å². The number of benzene rings is 2. The number of hydrogen-bond acceptors (Lipinski definition) is 3. The number of hydrogen-bond donors (Lipinski definition) is 0. The van der Waals surface area contributed by atoms with E-state index in [1.807, 2.05) is 37.4 Å². The average molecular weight is 401 g/mol. The van der Waals surface area contributed by atoms with Crippen molar-refractivity contribution in [3.05, 3.63) is 65.9 Å². The SMILES string of the molecule is C[Si](C)OCc1cc2cc(C(C)(C)C)ccc2n1S(=O)(=O)c1ccccc1. The van der Waals surface area contributed by atoms with Crippen LogP contribution in [0.5, 0.6) is 0 Å². The van der Waals surface area contributed by atoms with Gasteiger partial charge in [-0.2, -0.15) is 0 Å². The van der Waals surface area contributed by atoms with Crippen LogP contribution in [0.15, 0.2) is 59.5 Å². The van der Waals surface area contributed by atoms with E-state index in [0.717, 1.165) is 5.39 Å². The lowest BCUT2D eigenvalue weighted by molar-refractivity contribution is 0.308. The van der Waals surface area contributed by atoms with E-state index in [0.29, 0.717) is 11.2 Å². The highest BCUT2D eigenvalue weighted by atomic mass is 32.2. The van der Waals surface area contributed by atoms with Gasteiger partial charge in [0, 0.05) is 5.39 Å². The van der Waals surface area contributed by atoms with Crippen molar-refractivity contribution in [2.24, 2.45) is 0 Å². The third-order valence-corrected chi connectivity index (χ3v) is 6.99. The second-order valence-corrected chi connectivity index (χ2v) is 11.8. The summed E-state index contributed by atoms with van der Waals surface area (Å²) in [6, 6.07) is 16.5. The Morgan fingerprint density at radius 1 is 1.00 bits per heavy atom. The lowest BCUT2D eigenvalue weighted by Gasteiger charge is -2.19. The highest BCUT2D eigenvalue weighted by Gasteiger charge is 2.24. The number of aromatic nitrogens is 1. The summed E-state index contributed by atoms with van der Waals surface area (Å²) in [7, 11) is -4.63. The molecule has 0 spiro atoms. The van der Waals surface area contributed by atoms with Crippen LogP contribution in [0.4, 0.5) is 0 Å². The van der Waals surface area contributed by atoms with E-state index in [9.17, 15) is 8.42 Å². The Labute approximate surface area is 163 Å². The van der Waals surface area contributed by atoms with Gasteiger partial charge in [0.25, 0.3) is 10.0 Å². The summed E-state index contributed by atoms with van der Waals surface area (Å²) in [4.78, 5) is 0.280. The zero-order valence-electron chi connectivity index (χ0n) is 16.5. The zero-order valence-corrected chi connectivity index (χ0v) is 18.3. The van der Waals surface area contributed by atoms with Crippen LogP contribution in [0.1, 0.15) is 32.0 Å². The minimum absolute atomic E-state index is 0.00569. The Bertz CT molecular complexity index is 1050. The minimum Gasteiger partial charge on any atom is -0.411 e. The third-order valence-electron chi connectivity index (χ3n) is 4.49. The van der Waals surface area contributed by atoms with E-state index in [-0.39, 0.29) is 16.9 Å². The molecule has 1 aromatic heterocycles. The Balaban J connectivity index is 2.23. The van der Waals surface area contributed by atoms with Crippen LogP contribution in [0.3, 0.4) is 0 Å². The maximum Gasteiger partial charge on any atom is 0.268 e. The number of nitrogens with zero attached hydrogens (tertiary/aromatic N) is 1. The Morgan fingerprint density at radius 2 is 1.67 bits per heavy atom. The van der Waals surface area contributed by atoms with Crippen molar-refractivity contribution in [1.29, 1.82) is 0 Å². The molecule has 2 aromatic carbocycles. The van der Waals surface area contributed by atoms with Gasteiger partial charge >= 0.3 is 0 Å². The first-order valence-electron chi connectivity index (χ1n) is 8.99. The predicted octanol–water partition coefficient (Wildman–Crippen LogP) is 4.94. The monoisotopic (exact) mass is 400 g/mol. The molecule has 0 aliphatic carbocycles. The molecule has 0 amide bonds. The van der Waals surface area contributed by atoms with Crippen LogP contribution >= 0.6 is 0 Å². The topological polar surface area (TPSA) is 48.3 Å². The third kappa shape index (κ3) is 4.02. The van der Waals surface area contributed by atoms with Gasteiger partial charge in [-0.3, -0.25) is 0 Å². The first-order chi connectivity index (χ1) is 12.6. The van der Waals surface area contributed by atoms with Crippen molar-refractivity contribution in [2.75, 3.05) is 0 Å². The second-order valence-electron chi connectivity index (χ2n) is 7.94. The Kier molecular flexibility index (Phi) is 5.34. The molecule has 3 aromatic rings. The molecule has 3 rings (SSSR count). The lowest BCUT2D eigenvalue weighted by atomic mass is 9.86. The van der Waals surface area contributed by atoms with Gasteiger partial charge in [0.1, 0.15) is 0 Å². The van der Waals surface area contributed by atoms with Crippen molar-refractivity contribution in [2.45, 2.75) is 50.8 Å². The summed E-state index contributed by atoms with van der Waals surface area (Å²) >= 11 is 0. The molecule has 0 atom stereocenters. The van der Waals surface area contributed by atoms with Gasteiger partial charge in [0.05, 0.1) is 22.7 Å². The van der Waals surface area contributed by atoms with Crippen LogP contribution in [-0.4, -0.2) is 21.4 Å². The van der Waals surface area contributed by atoms with E-state index in [4.69, 9.17) is 4.43 Å². The van der Waals surface area contributed by atoms with Gasteiger partial charge in [0.2, 0.25) is 9.04 Å².